The Morgan fingerprint density at radius 2 is 2.05 bits per heavy atom. The zero-order chi connectivity index (χ0) is 14.6. The second-order valence-electron chi connectivity index (χ2n) is 4.03. The third-order valence-corrected chi connectivity index (χ3v) is 5.22. The molecule has 0 saturated carbocycles. The molecule has 0 aliphatic rings. The van der Waals surface area contributed by atoms with E-state index in [9.17, 15) is 8.42 Å². The summed E-state index contributed by atoms with van der Waals surface area (Å²) in [6, 6.07) is 7.74. The van der Waals surface area contributed by atoms with Crippen molar-refractivity contribution in [3.63, 3.8) is 0 Å². The first-order valence-electron chi connectivity index (χ1n) is 5.98. The number of thiazole rings is 1. The molecular weight excluding hydrogens is 294 g/mol. The van der Waals surface area contributed by atoms with E-state index in [2.05, 4.69) is 9.71 Å². The lowest BCUT2D eigenvalue weighted by atomic mass is 10.2. The summed E-state index contributed by atoms with van der Waals surface area (Å²) in [6.45, 7) is 2.20. The largest absolute Gasteiger partial charge is 0.248 e. The molecule has 2 rings (SSSR count). The van der Waals surface area contributed by atoms with E-state index in [1.807, 2.05) is 13.0 Å². The summed E-state index contributed by atoms with van der Waals surface area (Å²) >= 11 is 1.49. The molecule has 20 heavy (non-hydrogen) atoms. The van der Waals surface area contributed by atoms with Gasteiger partial charge in [0.05, 0.1) is 23.1 Å². The Hall–Kier alpha value is -1.75. The van der Waals surface area contributed by atoms with Crippen molar-refractivity contribution in [3.05, 3.63) is 45.9 Å². The highest BCUT2D eigenvalue weighted by atomic mass is 32.2. The fourth-order valence-electron chi connectivity index (χ4n) is 1.54. The lowest BCUT2D eigenvalue weighted by molar-refractivity contribution is 0.581. The zero-order valence-electron chi connectivity index (χ0n) is 10.8. The first-order valence-corrected chi connectivity index (χ1v) is 8.28. The minimum Gasteiger partial charge on any atom is -0.248 e. The molecule has 5 nitrogen and oxygen atoms in total. The Bertz CT molecular complexity index is 728. The molecule has 0 bridgehead atoms. The summed E-state index contributed by atoms with van der Waals surface area (Å²) in [5, 5.41) is 9.42. The SMILES string of the molecule is CCc1cnc(CNS(=O)(=O)c2ccc(C#N)cc2)s1. The Kier molecular flexibility index (Phi) is 4.49. The third kappa shape index (κ3) is 3.42. The number of nitrogens with one attached hydrogen (secondary N) is 1. The average molecular weight is 307 g/mol. The van der Waals surface area contributed by atoms with Crippen LogP contribution in [0.15, 0.2) is 35.4 Å². The van der Waals surface area contributed by atoms with Crippen LogP contribution in [0.4, 0.5) is 0 Å². The highest BCUT2D eigenvalue weighted by molar-refractivity contribution is 7.89. The van der Waals surface area contributed by atoms with Gasteiger partial charge in [0.15, 0.2) is 0 Å². The standard InChI is InChI=1S/C13H13N3O2S2/c1-2-11-8-15-13(19-11)9-16-20(17,18)12-5-3-10(7-14)4-6-12/h3-6,8,16H,2,9H2,1H3. The van der Waals surface area contributed by atoms with Crippen molar-refractivity contribution in [1.82, 2.24) is 9.71 Å². The summed E-state index contributed by atoms with van der Waals surface area (Å²) in [5.74, 6) is 0. The van der Waals surface area contributed by atoms with Crippen LogP contribution in [-0.4, -0.2) is 13.4 Å². The summed E-state index contributed by atoms with van der Waals surface area (Å²) in [5.41, 5.74) is 0.427. The van der Waals surface area contributed by atoms with Crippen molar-refractivity contribution < 1.29 is 8.42 Å². The van der Waals surface area contributed by atoms with Crippen molar-refractivity contribution in [2.24, 2.45) is 0 Å². The van der Waals surface area contributed by atoms with Crippen molar-refractivity contribution in [2.45, 2.75) is 24.8 Å². The Morgan fingerprint density at radius 3 is 2.60 bits per heavy atom. The molecule has 0 aliphatic heterocycles. The first kappa shape index (κ1) is 14.7. The van der Waals surface area contributed by atoms with Crippen molar-refractivity contribution in [2.75, 3.05) is 0 Å². The van der Waals surface area contributed by atoms with Crippen LogP contribution in [0.5, 0.6) is 0 Å². The molecule has 104 valence electrons. The van der Waals surface area contributed by atoms with Gasteiger partial charge in [-0.15, -0.1) is 11.3 Å². The van der Waals surface area contributed by atoms with E-state index in [1.165, 1.54) is 35.6 Å². The van der Waals surface area contributed by atoms with Crippen molar-refractivity contribution in [3.8, 4) is 6.07 Å². The maximum atomic E-state index is 12.1. The number of rotatable bonds is 5. The maximum absolute atomic E-state index is 12.1. The van der Waals surface area contributed by atoms with Gasteiger partial charge in [0.1, 0.15) is 5.01 Å². The van der Waals surface area contributed by atoms with E-state index in [0.29, 0.717) is 5.56 Å². The van der Waals surface area contributed by atoms with Gasteiger partial charge in [-0.1, -0.05) is 6.92 Å². The molecule has 0 unspecified atom stereocenters. The van der Waals surface area contributed by atoms with Gasteiger partial charge in [0.2, 0.25) is 10.0 Å². The maximum Gasteiger partial charge on any atom is 0.240 e. The summed E-state index contributed by atoms with van der Waals surface area (Å²) < 4.78 is 26.6. The fourth-order valence-corrected chi connectivity index (χ4v) is 3.42. The second kappa shape index (κ2) is 6.13. The van der Waals surface area contributed by atoms with Gasteiger partial charge in [-0.3, -0.25) is 0 Å². The van der Waals surface area contributed by atoms with Gasteiger partial charge < -0.3 is 0 Å². The van der Waals surface area contributed by atoms with Crippen LogP contribution in [0.3, 0.4) is 0 Å². The Balaban J connectivity index is 2.08. The molecule has 2 aromatic rings. The normalized spacial score (nSPS) is 11.2. The number of aryl methyl sites for hydroxylation is 1. The topological polar surface area (TPSA) is 82.8 Å². The van der Waals surface area contributed by atoms with E-state index in [4.69, 9.17) is 5.26 Å². The second-order valence-corrected chi connectivity index (χ2v) is 7.00. The third-order valence-electron chi connectivity index (χ3n) is 2.66. The van der Waals surface area contributed by atoms with Crippen LogP contribution < -0.4 is 4.72 Å². The molecule has 1 N–H and O–H groups in total. The minimum atomic E-state index is -3.57. The highest BCUT2D eigenvalue weighted by Crippen LogP contribution is 2.15. The molecule has 0 amide bonds. The minimum absolute atomic E-state index is 0.142. The molecule has 0 aliphatic carbocycles. The Morgan fingerprint density at radius 1 is 1.35 bits per heavy atom. The van der Waals surface area contributed by atoms with Gasteiger partial charge in [-0.2, -0.15) is 5.26 Å². The van der Waals surface area contributed by atoms with Gasteiger partial charge in [0, 0.05) is 11.1 Å². The number of nitrogens with zero attached hydrogens (tertiary/aromatic N) is 2. The zero-order valence-corrected chi connectivity index (χ0v) is 12.5. The number of aromatic nitrogens is 1. The smallest absolute Gasteiger partial charge is 0.240 e. The average Bonchev–Trinajstić information content (AvgIpc) is 2.93. The van der Waals surface area contributed by atoms with Crippen molar-refractivity contribution in [1.29, 1.82) is 5.26 Å². The molecule has 0 radical (unpaired) electrons. The lowest BCUT2D eigenvalue weighted by Gasteiger charge is -2.05. The number of sulfonamides is 1. The van der Waals surface area contributed by atoms with Crippen LogP contribution in [0.2, 0.25) is 0 Å². The van der Waals surface area contributed by atoms with Gasteiger partial charge in [-0.05, 0) is 30.7 Å². The van der Waals surface area contributed by atoms with Crippen LogP contribution in [0, 0.1) is 11.3 Å². The predicted molar refractivity (Wildman–Crippen MR) is 76.7 cm³/mol. The lowest BCUT2D eigenvalue weighted by Crippen LogP contribution is -2.23. The number of hydrogen-bond acceptors (Lipinski definition) is 5. The van der Waals surface area contributed by atoms with Crippen LogP contribution in [-0.2, 0) is 23.0 Å². The van der Waals surface area contributed by atoms with Crippen molar-refractivity contribution >= 4 is 21.4 Å². The van der Waals surface area contributed by atoms with Gasteiger partial charge in [0.25, 0.3) is 0 Å². The number of nitriles is 1. The molecular formula is C13H13N3O2S2. The van der Waals surface area contributed by atoms with E-state index < -0.39 is 10.0 Å². The first-order chi connectivity index (χ1) is 9.55. The molecule has 0 saturated heterocycles. The number of benzene rings is 1. The van der Waals surface area contributed by atoms with E-state index in [-0.39, 0.29) is 11.4 Å². The molecule has 0 atom stereocenters. The van der Waals surface area contributed by atoms with Gasteiger partial charge in [-0.25, -0.2) is 18.1 Å². The highest BCUT2D eigenvalue weighted by Gasteiger charge is 2.14. The van der Waals surface area contributed by atoms with E-state index in [1.54, 1.807) is 6.20 Å². The monoisotopic (exact) mass is 307 g/mol. The summed E-state index contributed by atoms with van der Waals surface area (Å²) in [7, 11) is -3.57. The van der Waals surface area contributed by atoms with Crippen LogP contribution >= 0.6 is 11.3 Å². The summed E-state index contributed by atoms with van der Waals surface area (Å²) in [4.78, 5) is 5.42. The number of hydrogen-bond donors (Lipinski definition) is 1. The predicted octanol–water partition coefficient (Wildman–Crippen LogP) is 2.06. The van der Waals surface area contributed by atoms with Crippen LogP contribution in [0.1, 0.15) is 22.4 Å². The molecule has 7 heteroatoms. The quantitative estimate of drug-likeness (QED) is 0.916. The van der Waals surface area contributed by atoms with E-state index >= 15 is 0 Å². The van der Waals surface area contributed by atoms with Gasteiger partial charge >= 0.3 is 0 Å². The Labute approximate surface area is 122 Å². The molecule has 1 heterocycles. The van der Waals surface area contributed by atoms with E-state index in [0.717, 1.165) is 16.3 Å². The fraction of sp³-hybridized carbons (Fsp3) is 0.231. The summed E-state index contributed by atoms with van der Waals surface area (Å²) in [6.07, 6.45) is 2.65. The molecule has 1 aromatic heterocycles. The molecule has 1 aromatic carbocycles. The van der Waals surface area contributed by atoms with Crippen LogP contribution in [0.25, 0.3) is 0 Å². The molecule has 0 fully saturated rings. The molecule has 0 spiro atoms.